The van der Waals surface area contributed by atoms with Crippen molar-refractivity contribution in [2.24, 2.45) is 4.99 Å². The Kier molecular flexibility index (Phi) is 8.36. The largest absolute Gasteiger partial charge is 0.367 e. The van der Waals surface area contributed by atoms with Crippen molar-refractivity contribution >= 4 is 54.9 Å². The van der Waals surface area contributed by atoms with E-state index in [4.69, 9.17) is 4.99 Å². The highest BCUT2D eigenvalue weighted by molar-refractivity contribution is 6.28. The predicted octanol–water partition coefficient (Wildman–Crippen LogP) is 12.2. The second-order valence-corrected chi connectivity index (χ2v) is 13.7. The Morgan fingerprint density at radius 2 is 1.26 bits per heavy atom. The number of benzene rings is 7. The summed E-state index contributed by atoms with van der Waals surface area (Å²) in [4.78, 5) is 4.91. The summed E-state index contributed by atoms with van der Waals surface area (Å²) in [6.07, 6.45) is 4.16. The lowest BCUT2D eigenvalue weighted by Gasteiger charge is -2.18. The molecule has 4 heteroatoms. The highest BCUT2D eigenvalue weighted by Crippen LogP contribution is 2.40. The molecule has 0 fully saturated rings. The van der Waals surface area contributed by atoms with E-state index in [0.29, 0.717) is 6.67 Å². The highest BCUT2D eigenvalue weighted by atomic mass is 15.1. The van der Waals surface area contributed by atoms with Gasteiger partial charge in [0.05, 0.1) is 28.9 Å². The molecule has 0 radical (unpaired) electrons. The molecule has 1 N–H and O–H groups in total. The molecule has 0 atom stereocenters. The van der Waals surface area contributed by atoms with Gasteiger partial charge in [-0.05, 0) is 94.4 Å². The van der Waals surface area contributed by atoms with Crippen molar-refractivity contribution in [2.75, 3.05) is 12.4 Å². The minimum absolute atomic E-state index is 0.601. The molecule has 258 valence electrons. The van der Waals surface area contributed by atoms with Crippen LogP contribution in [0.4, 0.5) is 5.69 Å². The Morgan fingerprint density at radius 1 is 0.585 bits per heavy atom. The minimum Gasteiger partial charge on any atom is -0.367 e. The molecule has 0 aliphatic rings. The van der Waals surface area contributed by atoms with E-state index < -0.39 is 0 Å². The topological polar surface area (TPSA) is 34.2 Å². The van der Waals surface area contributed by atoms with Crippen molar-refractivity contribution in [1.29, 1.82) is 0 Å². The molecule has 53 heavy (non-hydrogen) atoms. The first-order valence-electron chi connectivity index (χ1n) is 18.7. The number of aromatic nitrogens is 2. The van der Waals surface area contributed by atoms with Crippen molar-refractivity contribution in [1.82, 2.24) is 9.13 Å². The Hall–Kier alpha value is -6.39. The maximum atomic E-state index is 4.91. The normalized spacial score (nSPS) is 12.0. The van der Waals surface area contributed by atoms with Gasteiger partial charge in [-0.15, -0.1) is 0 Å². The van der Waals surface area contributed by atoms with Crippen LogP contribution in [0.3, 0.4) is 0 Å². The van der Waals surface area contributed by atoms with Gasteiger partial charge in [-0.1, -0.05) is 117 Å². The lowest BCUT2D eigenvalue weighted by atomic mass is 9.90. The van der Waals surface area contributed by atoms with Gasteiger partial charge in [-0.2, -0.15) is 0 Å². The lowest BCUT2D eigenvalue weighted by Crippen LogP contribution is -2.13. The lowest BCUT2D eigenvalue weighted by molar-refractivity contribution is 0.841. The van der Waals surface area contributed by atoms with E-state index in [0.717, 1.165) is 41.1 Å². The Balaban J connectivity index is 1.14. The number of nitrogens with zero attached hydrogens (tertiary/aromatic N) is 3. The molecule has 0 aliphatic heterocycles. The fourth-order valence-electron chi connectivity index (χ4n) is 8.36. The first-order valence-corrected chi connectivity index (χ1v) is 18.7. The molecule has 4 nitrogen and oxygen atoms in total. The fraction of sp³-hybridized carbons (Fsp3) is 0.122. The summed E-state index contributed by atoms with van der Waals surface area (Å²) in [5.41, 5.74) is 14.4. The van der Waals surface area contributed by atoms with E-state index in [1.807, 2.05) is 7.05 Å². The zero-order valence-electron chi connectivity index (χ0n) is 30.5. The monoisotopic (exact) mass is 686 g/mol. The molecule has 9 rings (SSSR count). The highest BCUT2D eigenvalue weighted by Gasteiger charge is 2.19. The summed E-state index contributed by atoms with van der Waals surface area (Å²) in [5, 5.41) is 10.2. The van der Waals surface area contributed by atoms with Crippen molar-refractivity contribution in [3.8, 4) is 16.8 Å². The summed E-state index contributed by atoms with van der Waals surface area (Å²) in [5.74, 6) is 0. The number of hydrogen-bond acceptors (Lipinski definition) is 2. The Bertz CT molecular complexity index is 2820. The van der Waals surface area contributed by atoms with Crippen LogP contribution in [0.25, 0.3) is 60.3 Å². The third-order valence-corrected chi connectivity index (χ3v) is 10.9. The molecular weight excluding hydrogens is 645 g/mol. The van der Waals surface area contributed by atoms with E-state index >= 15 is 0 Å². The van der Waals surface area contributed by atoms with E-state index in [1.54, 1.807) is 0 Å². The molecule has 2 heterocycles. The molecular formula is C49H42N4. The smallest absolute Gasteiger partial charge is 0.0926 e. The van der Waals surface area contributed by atoms with E-state index in [1.165, 1.54) is 65.7 Å². The minimum atomic E-state index is 0.601. The van der Waals surface area contributed by atoms with Crippen LogP contribution < -0.4 is 5.32 Å². The third kappa shape index (κ3) is 5.50. The summed E-state index contributed by atoms with van der Waals surface area (Å²) in [7, 11) is 1.91. The first-order chi connectivity index (χ1) is 26.2. The van der Waals surface area contributed by atoms with Crippen LogP contribution in [-0.2, 0) is 19.5 Å². The third-order valence-electron chi connectivity index (χ3n) is 10.9. The number of aliphatic imine (C=N–C) groups is 1. The molecule has 2 aromatic heterocycles. The number of fused-ring (bicyclic) bond motifs is 7. The van der Waals surface area contributed by atoms with Crippen LogP contribution in [0.2, 0.25) is 0 Å². The van der Waals surface area contributed by atoms with Crippen LogP contribution in [-0.4, -0.2) is 21.9 Å². The fourth-order valence-corrected chi connectivity index (χ4v) is 8.36. The predicted molar refractivity (Wildman–Crippen MR) is 226 cm³/mol. The van der Waals surface area contributed by atoms with Gasteiger partial charge in [0.1, 0.15) is 0 Å². The van der Waals surface area contributed by atoms with Crippen molar-refractivity contribution in [2.45, 2.75) is 33.4 Å². The number of aryl methyl sites for hydroxylation is 2. The van der Waals surface area contributed by atoms with Gasteiger partial charge < -0.3 is 14.5 Å². The number of hydrogen-bond donors (Lipinski definition) is 1. The summed E-state index contributed by atoms with van der Waals surface area (Å²) < 4.78 is 4.73. The van der Waals surface area contributed by atoms with Crippen LogP contribution in [0.1, 0.15) is 36.1 Å². The molecule has 0 bridgehead atoms. The molecule has 9 aromatic rings. The van der Waals surface area contributed by atoms with Crippen molar-refractivity contribution in [3.63, 3.8) is 0 Å². The zero-order valence-corrected chi connectivity index (χ0v) is 30.5. The number of nitrogens with one attached hydrogen (secondary N) is 1. The average molecular weight is 687 g/mol. The van der Waals surface area contributed by atoms with Gasteiger partial charge >= 0.3 is 0 Å². The molecule has 0 spiro atoms. The second kappa shape index (κ2) is 13.6. The van der Waals surface area contributed by atoms with Gasteiger partial charge in [0.15, 0.2) is 0 Å². The SMILES string of the molecule is CCc1ccccc1-c1ccc(C(=NC)c2ccccc2NCn2c3ccc4ccccc4c3c3c4ccn(-c5ccccc5)c4ccc32)cc1CC. The molecule has 0 aliphatic carbocycles. The summed E-state index contributed by atoms with van der Waals surface area (Å²) in [6.45, 7) is 5.08. The summed E-state index contributed by atoms with van der Waals surface area (Å²) in [6, 6.07) is 55.0. The molecule has 0 unspecified atom stereocenters. The van der Waals surface area contributed by atoms with Crippen molar-refractivity contribution < 1.29 is 0 Å². The van der Waals surface area contributed by atoms with E-state index in [2.05, 4.69) is 186 Å². The number of para-hydroxylation sites is 2. The molecule has 0 amide bonds. The van der Waals surface area contributed by atoms with E-state index in [9.17, 15) is 0 Å². The summed E-state index contributed by atoms with van der Waals surface area (Å²) >= 11 is 0. The first kappa shape index (κ1) is 32.5. The van der Waals surface area contributed by atoms with Crippen LogP contribution in [0, 0.1) is 0 Å². The standard InChI is InChI=1S/C49H42N4/c1-4-33-15-9-11-19-38(33)39-25-23-36(31-34(39)5-2)49(50-3)41-21-13-14-22-43(41)51-32-53-45-26-24-35-16-10-12-20-40(35)47(45)48-42-29-30-52(37-17-7-6-8-18-37)44(42)27-28-46(48)53/h6-31,51H,4-5,32H2,1-3H3. The van der Waals surface area contributed by atoms with Crippen molar-refractivity contribution in [3.05, 3.63) is 180 Å². The maximum absolute atomic E-state index is 4.91. The molecule has 0 saturated carbocycles. The van der Waals surface area contributed by atoms with Gasteiger partial charge in [-0.25, -0.2) is 0 Å². The molecule has 0 saturated heterocycles. The van der Waals surface area contributed by atoms with Gasteiger partial charge in [0, 0.05) is 51.9 Å². The molecule has 7 aromatic carbocycles. The Labute approximate surface area is 310 Å². The number of rotatable bonds is 9. The van der Waals surface area contributed by atoms with Gasteiger partial charge in [0.25, 0.3) is 0 Å². The Morgan fingerprint density at radius 3 is 2.09 bits per heavy atom. The van der Waals surface area contributed by atoms with Crippen LogP contribution in [0.5, 0.6) is 0 Å². The quantitative estimate of drug-likeness (QED) is 0.151. The maximum Gasteiger partial charge on any atom is 0.0926 e. The van der Waals surface area contributed by atoms with E-state index in [-0.39, 0.29) is 0 Å². The second-order valence-electron chi connectivity index (χ2n) is 13.7. The average Bonchev–Trinajstić information content (AvgIpc) is 3.80. The number of anilines is 1. The zero-order chi connectivity index (χ0) is 35.9. The van der Waals surface area contributed by atoms with Gasteiger partial charge in [-0.3, -0.25) is 4.99 Å². The van der Waals surface area contributed by atoms with Crippen LogP contribution >= 0.6 is 0 Å². The van der Waals surface area contributed by atoms with Crippen LogP contribution in [0.15, 0.2) is 163 Å². The van der Waals surface area contributed by atoms with Gasteiger partial charge in [0.2, 0.25) is 0 Å².